The number of fused-ring (bicyclic) bond motifs is 1. The molecule has 3 heterocycles. The fourth-order valence-electron chi connectivity index (χ4n) is 4.67. The van der Waals surface area contributed by atoms with Crippen molar-refractivity contribution in [2.24, 2.45) is 4.99 Å². The van der Waals surface area contributed by atoms with Crippen molar-refractivity contribution >= 4 is 40.3 Å². The zero-order valence-electron chi connectivity index (χ0n) is 18.7. The molecule has 10 heteroatoms. The second-order valence-corrected chi connectivity index (χ2v) is 9.08. The summed E-state index contributed by atoms with van der Waals surface area (Å²) in [4.78, 5) is 19.3. The molecule has 0 radical (unpaired) electrons. The molecular formula is C25H21ClFN5O3. The largest absolute Gasteiger partial charge is 0.618 e. The average Bonchev–Trinajstić information content (AvgIpc) is 3.41. The van der Waals surface area contributed by atoms with Crippen LogP contribution >= 0.6 is 11.6 Å². The van der Waals surface area contributed by atoms with Crippen molar-refractivity contribution < 1.29 is 19.0 Å². The van der Waals surface area contributed by atoms with E-state index in [9.17, 15) is 19.5 Å². The van der Waals surface area contributed by atoms with Crippen molar-refractivity contribution in [1.82, 2.24) is 4.98 Å². The Morgan fingerprint density at radius 1 is 1.29 bits per heavy atom. The first kappa shape index (κ1) is 22.9. The van der Waals surface area contributed by atoms with Crippen molar-refractivity contribution in [2.45, 2.75) is 31.8 Å². The lowest BCUT2D eigenvalue weighted by Crippen LogP contribution is -2.45. The van der Waals surface area contributed by atoms with Gasteiger partial charge in [0, 0.05) is 52.5 Å². The molecule has 1 aliphatic carbocycles. The highest BCUT2D eigenvalue weighted by Gasteiger charge is 2.49. The number of aryl methyl sites for hydroxylation is 1. The van der Waals surface area contributed by atoms with Gasteiger partial charge in [0.15, 0.2) is 11.8 Å². The van der Waals surface area contributed by atoms with E-state index < -0.39 is 11.5 Å². The van der Waals surface area contributed by atoms with Crippen LogP contribution in [0.25, 0.3) is 16.7 Å². The Morgan fingerprint density at radius 2 is 2.09 bits per heavy atom. The zero-order chi connectivity index (χ0) is 24.9. The minimum Gasteiger partial charge on any atom is -0.618 e. The number of aliphatic imine (C=N–C) groups is 1. The summed E-state index contributed by atoms with van der Waals surface area (Å²) in [5.74, 6) is -1.02. The van der Waals surface area contributed by atoms with E-state index in [-0.39, 0.29) is 35.8 Å². The second-order valence-electron chi connectivity index (χ2n) is 8.64. The standard InChI is InChI=1S/C25H21ClFN5O3/c1-13(33)30-22-5-3-18(24(27)31-22)15-9-21(29-11-15)25(34)7-6-14-8-16(12-32(35)23(14)25)19-10-17(26)2-4-20(19)28/h2-5,8,10-12,34H,6-7,9,28H2,1H3,(H,30,31,33). The van der Waals surface area contributed by atoms with Crippen molar-refractivity contribution in [3.63, 3.8) is 0 Å². The Bertz CT molecular complexity index is 1460. The quantitative estimate of drug-likeness (QED) is 0.221. The monoisotopic (exact) mass is 493 g/mol. The number of hydrogen-bond acceptors (Lipinski definition) is 6. The second kappa shape index (κ2) is 8.44. The van der Waals surface area contributed by atoms with Crippen LogP contribution in [0.5, 0.6) is 0 Å². The summed E-state index contributed by atoms with van der Waals surface area (Å²) in [5.41, 5.74) is 8.18. The van der Waals surface area contributed by atoms with Crippen LogP contribution in [-0.4, -0.2) is 21.7 Å². The molecule has 0 saturated carbocycles. The number of amides is 1. The summed E-state index contributed by atoms with van der Waals surface area (Å²) in [5, 5.41) is 27.6. The SMILES string of the molecule is CC(=O)Nc1ccc(C2=CN=C(C3(O)CCc4cc(-c5cc(Cl)ccc5N)c[n+]([O-])c43)C2)c(F)n1. The Kier molecular flexibility index (Phi) is 5.53. The van der Waals surface area contributed by atoms with Crippen LogP contribution in [-0.2, 0) is 16.8 Å². The Balaban J connectivity index is 1.43. The number of anilines is 2. The highest BCUT2D eigenvalue weighted by atomic mass is 35.5. The number of pyridine rings is 2. The molecule has 1 aliphatic heterocycles. The van der Waals surface area contributed by atoms with Gasteiger partial charge in [-0.05, 0) is 54.8 Å². The number of allylic oxidation sites excluding steroid dienone is 1. The number of halogens is 2. The van der Waals surface area contributed by atoms with E-state index in [0.717, 1.165) is 0 Å². The highest BCUT2D eigenvalue weighted by molar-refractivity contribution is 6.31. The number of aliphatic hydroxyl groups is 1. The van der Waals surface area contributed by atoms with Gasteiger partial charge in [-0.2, -0.15) is 9.12 Å². The van der Waals surface area contributed by atoms with Gasteiger partial charge < -0.3 is 21.4 Å². The summed E-state index contributed by atoms with van der Waals surface area (Å²) in [7, 11) is 0. The number of rotatable bonds is 4. The first-order valence-corrected chi connectivity index (χ1v) is 11.3. The van der Waals surface area contributed by atoms with Crippen LogP contribution in [0.1, 0.15) is 36.6 Å². The van der Waals surface area contributed by atoms with Gasteiger partial charge in [0.25, 0.3) is 0 Å². The summed E-state index contributed by atoms with van der Waals surface area (Å²) in [6.45, 7) is 1.31. The van der Waals surface area contributed by atoms with Gasteiger partial charge in [-0.25, -0.2) is 4.98 Å². The average molecular weight is 494 g/mol. The van der Waals surface area contributed by atoms with Crippen LogP contribution in [0.4, 0.5) is 15.9 Å². The number of carbonyl (C=O) groups is 1. The molecule has 3 aromatic rings. The van der Waals surface area contributed by atoms with E-state index in [4.69, 9.17) is 17.3 Å². The molecule has 0 spiro atoms. The fraction of sp³-hybridized carbons (Fsp3) is 0.200. The van der Waals surface area contributed by atoms with Crippen molar-refractivity contribution in [2.75, 3.05) is 11.1 Å². The number of nitrogens with zero attached hydrogens (tertiary/aromatic N) is 3. The van der Waals surface area contributed by atoms with Crippen LogP contribution in [0, 0.1) is 11.2 Å². The van der Waals surface area contributed by atoms with Gasteiger partial charge in [-0.15, -0.1) is 0 Å². The third-order valence-electron chi connectivity index (χ3n) is 6.30. The van der Waals surface area contributed by atoms with Crippen LogP contribution < -0.4 is 15.8 Å². The molecule has 1 unspecified atom stereocenters. The van der Waals surface area contributed by atoms with Crippen LogP contribution in [0.3, 0.4) is 0 Å². The van der Waals surface area contributed by atoms with Gasteiger partial charge in [0.05, 0.1) is 5.71 Å². The molecule has 4 N–H and O–H groups in total. The molecule has 8 nitrogen and oxygen atoms in total. The lowest BCUT2D eigenvalue weighted by molar-refractivity contribution is -0.619. The van der Waals surface area contributed by atoms with E-state index in [0.29, 0.717) is 49.8 Å². The number of carbonyl (C=O) groups excluding carboxylic acids is 1. The molecule has 178 valence electrons. The number of benzene rings is 1. The molecule has 1 amide bonds. The van der Waals surface area contributed by atoms with Crippen molar-refractivity contribution in [3.8, 4) is 11.1 Å². The molecular weight excluding hydrogens is 473 g/mol. The number of hydrogen-bond donors (Lipinski definition) is 3. The molecule has 0 fully saturated rings. The van der Waals surface area contributed by atoms with E-state index in [1.165, 1.54) is 31.5 Å². The lowest BCUT2D eigenvalue weighted by Gasteiger charge is -2.23. The zero-order valence-corrected chi connectivity index (χ0v) is 19.4. The number of nitrogens with one attached hydrogen (secondary N) is 1. The van der Waals surface area contributed by atoms with Crippen LogP contribution in [0.2, 0.25) is 5.02 Å². The molecule has 0 saturated heterocycles. The van der Waals surface area contributed by atoms with E-state index in [2.05, 4.69) is 15.3 Å². The molecule has 2 aromatic heterocycles. The Morgan fingerprint density at radius 3 is 2.83 bits per heavy atom. The molecule has 35 heavy (non-hydrogen) atoms. The fourth-order valence-corrected chi connectivity index (χ4v) is 4.85. The van der Waals surface area contributed by atoms with Gasteiger partial charge >= 0.3 is 0 Å². The first-order valence-electron chi connectivity index (χ1n) is 10.9. The molecule has 0 bridgehead atoms. The van der Waals surface area contributed by atoms with Gasteiger partial charge in [-0.1, -0.05) is 11.6 Å². The Labute approximate surface area is 205 Å². The van der Waals surface area contributed by atoms with E-state index in [1.807, 2.05) is 6.07 Å². The minimum atomic E-state index is -1.59. The first-order chi connectivity index (χ1) is 16.7. The molecule has 2 aliphatic rings. The molecule has 1 atom stereocenters. The number of nitrogen functional groups attached to an aromatic ring is 1. The predicted octanol–water partition coefficient (Wildman–Crippen LogP) is 3.73. The maximum Gasteiger partial charge on any atom is 0.233 e. The summed E-state index contributed by atoms with van der Waals surface area (Å²) >= 11 is 6.11. The number of nitrogens with two attached hydrogens (primary N) is 1. The number of aromatic nitrogens is 2. The highest BCUT2D eigenvalue weighted by Crippen LogP contribution is 2.42. The summed E-state index contributed by atoms with van der Waals surface area (Å²) in [6, 6.07) is 9.86. The predicted molar refractivity (Wildman–Crippen MR) is 131 cm³/mol. The third kappa shape index (κ3) is 4.02. The van der Waals surface area contributed by atoms with Crippen molar-refractivity contribution in [3.05, 3.63) is 81.8 Å². The van der Waals surface area contributed by atoms with Crippen LogP contribution in [0.15, 0.2) is 53.8 Å². The molecule has 1 aromatic carbocycles. The lowest BCUT2D eigenvalue weighted by atomic mass is 9.89. The minimum absolute atomic E-state index is 0.102. The third-order valence-corrected chi connectivity index (χ3v) is 6.53. The Hall–Kier alpha value is -3.82. The molecule has 5 rings (SSSR count). The van der Waals surface area contributed by atoms with Crippen molar-refractivity contribution in [1.29, 1.82) is 0 Å². The van der Waals surface area contributed by atoms with Gasteiger partial charge in [0.2, 0.25) is 17.5 Å². The maximum absolute atomic E-state index is 14.6. The van der Waals surface area contributed by atoms with Gasteiger partial charge in [-0.3, -0.25) is 9.79 Å². The summed E-state index contributed by atoms with van der Waals surface area (Å²) < 4.78 is 15.3. The smallest absolute Gasteiger partial charge is 0.233 e. The normalized spacial score (nSPS) is 18.7. The van der Waals surface area contributed by atoms with E-state index in [1.54, 1.807) is 18.2 Å². The topological polar surface area (TPSA) is 128 Å². The van der Waals surface area contributed by atoms with Gasteiger partial charge in [0.1, 0.15) is 5.82 Å². The summed E-state index contributed by atoms with van der Waals surface area (Å²) in [6.07, 6.45) is 3.71. The maximum atomic E-state index is 14.6. The van der Waals surface area contributed by atoms with E-state index >= 15 is 0 Å².